The maximum Gasteiger partial charge on any atom is 0.307 e. The Bertz CT molecular complexity index is 722. The molecular weight excluding hydrogens is 456 g/mol. The zero-order valence-corrected chi connectivity index (χ0v) is 25.3. The van der Waals surface area contributed by atoms with Crippen molar-refractivity contribution in [2.24, 2.45) is 22.2 Å². The lowest BCUT2D eigenvalue weighted by Crippen LogP contribution is -2.44. The minimum absolute atomic E-state index is 0.124. The lowest BCUT2D eigenvalue weighted by Gasteiger charge is -2.43. The van der Waals surface area contributed by atoms with Crippen molar-refractivity contribution in [3.05, 3.63) is 12.2 Å². The molecule has 0 aliphatic heterocycles. The van der Waals surface area contributed by atoms with E-state index in [9.17, 15) is 19.8 Å². The highest BCUT2D eigenvalue weighted by Crippen LogP contribution is 2.38. The van der Waals surface area contributed by atoms with Gasteiger partial charge in [0.15, 0.2) is 0 Å². The standard InChI is InChI=1S/C30H56O6/c1-22(31)20-28(7,8)30(11,12)35-18-17-29(9,10)36-24(32)19-23(25(33)34)15-13-14-16-27(5,6)21-26(2,3)4/h13-14,22-23,31H,15-21H2,1-12H3,(H,33,34)/b14-13+. The third-order valence-electron chi connectivity index (χ3n) is 7.02. The Morgan fingerprint density at radius 2 is 1.47 bits per heavy atom. The summed E-state index contributed by atoms with van der Waals surface area (Å²) in [5.74, 6) is -2.32. The van der Waals surface area contributed by atoms with E-state index < -0.39 is 35.2 Å². The average Bonchev–Trinajstić information content (AvgIpc) is 2.59. The monoisotopic (exact) mass is 512 g/mol. The molecule has 0 aromatic rings. The fourth-order valence-electron chi connectivity index (χ4n) is 4.78. The van der Waals surface area contributed by atoms with E-state index in [1.807, 2.05) is 39.8 Å². The molecule has 0 saturated carbocycles. The van der Waals surface area contributed by atoms with Crippen molar-refractivity contribution < 1.29 is 29.3 Å². The van der Waals surface area contributed by atoms with Gasteiger partial charge in [0.2, 0.25) is 0 Å². The highest BCUT2D eigenvalue weighted by Gasteiger charge is 2.39. The fraction of sp³-hybridized carbons (Fsp3) is 0.867. The Hall–Kier alpha value is -1.40. The number of carboxylic acid groups (broad SMARTS) is 1. The number of carboxylic acids is 1. The highest BCUT2D eigenvalue weighted by molar-refractivity contribution is 5.79. The van der Waals surface area contributed by atoms with Crippen molar-refractivity contribution in [3.8, 4) is 0 Å². The molecule has 0 aromatic carbocycles. The predicted octanol–water partition coefficient (Wildman–Crippen LogP) is 7.18. The Labute approximate surface area is 221 Å². The summed E-state index contributed by atoms with van der Waals surface area (Å²) in [6.07, 6.45) is 6.64. The van der Waals surface area contributed by atoms with Crippen LogP contribution in [0, 0.1) is 22.2 Å². The third kappa shape index (κ3) is 14.4. The lowest BCUT2D eigenvalue weighted by molar-refractivity contribution is -0.165. The second-order valence-electron chi connectivity index (χ2n) is 14.3. The number of allylic oxidation sites excluding steroid dienone is 2. The quantitative estimate of drug-likeness (QED) is 0.168. The SMILES string of the molecule is CC(O)CC(C)(C)C(C)(C)OCCC(C)(C)OC(=O)CC(C/C=C/CC(C)(C)CC(C)(C)C)C(=O)O. The van der Waals surface area contributed by atoms with E-state index in [1.54, 1.807) is 6.92 Å². The van der Waals surface area contributed by atoms with Gasteiger partial charge < -0.3 is 19.7 Å². The van der Waals surface area contributed by atoms with E-state index in [-0.39, 0.29) is 22.7 Å². The molecule has 0 aromatic heterocycles. The summed E-state index contributed by atoms with van der Waals surface area (Å²) in [4.78, 5) is 24.3. The van der Waals surface area contributed by atoms with Crippen LogP contribution in [0.3, 0.4) is 0 Å². The molecule has 0 heterocycles. The first-order valence-electron chi connectivity index (χ1n) is 13.4. The molecular formula is C30H56O6. The van der Waals surface area contributed by atoms with Crippen LogP contribution in [0.15, 0.2) is 12.2 Å². The summed E-state index contributed by atoms with van der Waals surface area (Å²) in [6, 6.07) is 0. The molecule has 6 nitrogen and oxygen atoms in total. The Morgan fingerprint density at radius 1 is 0.917 bits per heavy atom. The smallest absolute Gasteiger partial charge is 0.307 e. The van der Waals surface area contributed by atoms with Crippen molar-refractivity contribution in [1.82, 2.24) is 0 Å². The summed E-state index contributed by atoms with van der Waals surface area (Å²) in [5.41, 5.74) is -1.15. The van der Waals surface area contributed by atoms with E-state index in [4.69, 9.17) is 9.47 Å². The van der Waals surface area contributed by atoms with Gasteiger partial charge in [0.1, 0.15) is 5.60 Å². The van der Waals surface area contributed by atoms with E-state index >= 15 is 0 Å². The topological polar surface area (TPSA) is 93.1 Å². The van der Waals surface area contributed by atoms with E-state index in [0.29, 0.717) is 25.9 Å². The number of aliphatic hydroxyl groups excluding tert-OH is 1. The molecule has 212 valence electrons. The first-order valence-corrected chi connectivity index (χ1v) is 13.4. The zero-order chi connectivity index (χ0) is 28.6. The normalized spacial score (nSPS) is 15.7. The zero-order valence-electron chi connectivity index (χ0n) is 25.3. The number of aliphatic hydroxyl groups is 1. The molecule has 0 aliphatic rings. The largest absolute Gasteiger partial charge is 0.481 e. The number of carbonyl (C=O) groups excluding carboxylic acids is 1. The predicted molar refractivity (Wildman–Crippen MR) is 147 cm³/mol. The van der Waals surface area contributed by atoms with Crippen LogP contribution < -0.4 is 0 Å². The first-order chi connectivity index (χ1) is 16.0. The van der Waals surface area contributed by atoms with Crippen molar-refractivity contribution in [2.45, 2.75) is 139 Å². The lowest BCUT2D eigenvalue weighted by atomic mass is 9.73. The number of carbonyl (C=O) groups is 2. The van der Waals surface area contributed by atoms with Crippen LogP contribution in [0.4, 0.5) is 0 Å². The summed E-state index contributed by atoms with van der Waals surface area (Å²) in [7, 11) is 0. The fourth-order valence-corrected chi connectivity index (χ4v) is 4.78. The van der Waals surface area contributed by atoms with Crippen molar-refractivity contribution in [3.63, 3.8) is 0 Å². The Kier molecular flexibility index (Phi) is 12.9. The number of rotatable bonds is 16. The summed E-state index contributed by atoms with van der Waals surface area (Å²) in [6.45, 7) is 25.0. The van der Waals surface area contributed by atoms with Crippen LogP contribution in [0.1, 0.15) is 122 Å². The maximum absolute atomic E-state index is 12.6. The van der Waals surface area contributed by atoms with Crippen LogP contribution in [-0.2, 0) is 19.1 Å². The molecule has 0 radical (unpaired) electrons. The number of hydrogen-bond donors (Lipinski definition) is 2. The van der Waals surface area contributed by atoms with Gasteiger partial charge >= 0.3 is 11.9 Å². The van der Waals surface area contributed by atoms with Crippen LogP contribution in [0.5, 0.6) is 0 Å². The number of hydrogen-bond acceptors (Lipinski definition) is 5. The molecule has 0 fully saturated rings. The molecule has 2 unspecified atom stereocenters. The molecule has 6 heteroatoms. The van der Waals surface area contributed by atoms with Gasteiger partial charge in [0, 0.05) is 6.42 Å². The molecule has 36 heavy (non-hydrogen) atoms. The molecule has 0 rings (SSSR count). The van der Waals surface area contributed by atoms with E-state index in [1.165, 1.54) is 0 Å². The van der Waals surface area contributed by atoms with Crippen molar-refractivity contribution in [2.75, 3.05) is 6.61 Å². The highest BCUT2D eigenvalue weighted by atomic mass is 16.6. The average molecular weight is 513 g/mol. The van der Waals surface area contributed by atoms with Gasteiger partial charge in [-0.15, -0.1) is 0 Å². The molecule has 0 saturated heterocycles. The van der Waals surface area contributed by atoms with Gasteiger partial charge in [-0.1, -0.05) is 60.6 Å². The minimum Gasteiger partial charge on any atom is -0.481 e. The second kappa shape index (κ2) is 13.4. The van der Waals surface area contributed by atoms with Gasteiger partial charge in [-0.05, 0) is 76.5 Å². The van der Waals surface area contributed by atoms with Gasteiger partial charge in [-0.2, -0.15) is 0 Å². The number of esters is 1. The van der Waals surface area contributed by atoms with Crippen LogP contribution in [0.2, 0.25) is 0 Å². The van der Waals surface area contributed by atoms with Crippen LogP contribution in [-0.4, -0.2) is 46.1 Å². The van der Waals surface area contributed by atoms with Gasteiger partial charge in [-0.25, -0.2) is 0 Å². The van der Waals surface area contributed by atoms with Crippen molar-refractivity contribution in [1.29, 1.82) is 0 Å². The second-order valence-corrected chi connectivity index (χ2v) is 14.3. The van der Waals surface area contributed by atoms with Gasteiger partial charge in [0.25, 0.3) is 0 Å². The number of ether oxygens (including phenoxy) is 2. The summed E-state index contributed by atoms with van der Waals surface area (Å²) < 4.78 is 11.8. The minimum atomic E-state index is -0.992. The molecule has 0 spiro atoms. The van der Waals surface area contributed by atoms with Gasteiger partial charge in [-0.3, -0.25) is 9.59 Å². The Balaban J connectivity index is 4.82. The van der Waals surface area contributed by atoms with Crippen molar-refractivity contribution >= 4 is 11.9 Å². The maximum atomic E-state index is 12.6. The summed E-state index contributed by atoms with van der Waals surface area (Å²) in [5, 5.41) is 19.4. The summed E-state index contributed by atoms with van der Waals surface area (Å²) >= 11 is 0. The first kappa shape index (κ1) is 34.6. The molecule has 2 N–H and O–H groups in total. The van der Waals surface area contributed by atoms with Crippen LogP contribution >= 0.6 is 0 Å². The third-order valence-corrected chi connectivity index (χ3v) is 7.02. The molecule has 0 bridgehead atoms. The van der Waals surface area contributed by atoms with Crippen LogP contribution in [0.25, 0.3) is 0 Å². The molecule has 0 amide bonds. The number of aliphatic carboxylic acids is 1. The van der Waals surface area contributed by atoms with Gasteiger partial charge in [0.05, 0.1) is 30.7 Å². The van der Waals surface area contributed by atoms with E-state index in [2.05, 4.69) is 48.5 Å². The Morgan fingerprint density at radius 3 is 1.94 bits per heavy atom. The molecule has 0 aliphatic carbocycles. The van der Waals surface area contributed by atoms with E-state index in [0.717, 1.165) is 12.8 Å². The molecule has 2 atom stereocenters.